The predicted octanol–water partition coefficient (Wildman–Crippen LogP) is 5.03. The second-order valence-corrected chi connectivity index (χ2v) is 6.03. The van der Waals surface area contributed by atoms with Crippen LogP contribution in [0, 0.1) is 5.92 Å². The zero-order valence-corrected chi connectivity index (χ0v) is 12.7. The van der Waals surface area contributed by atoms with Gasteiger partial charge < -0.3 is 4.74 Å². The quantitative estimate of drug-likeness (QED) is 0.350. The fourth-order valence-electron chi connectivity index (χ4n) is 2.83. The van der Waals surface area contributed by atoms with Crippen molar-refractivity contribution in [3.05, 3.63) is 12.2 Å². The maximum Gasteiger partial charge on any atom is 0.333 e. The van der Waals surface area contributed by atoms with Crippen LogP contribution in [0.15, 0.2) is 12.2 Å². The van der Waals surface area contributed by atoms with Crippen LogP contribution in [-0.4, -0.2) is 12.1 Å². The molecule has 1 rings (SSSR count). The Balaban J connectivity index is 2.08. The fourth-order valence-corrected chi connectivity index (χ4v) is 2.83. The minimum atomic E-state index is -0.219. The highest BCUT2D eigenvalue weighted by Crippen LogP contribution is 2.30. The molecule has 19 heavy (non-hydrogen) atoms. The first kappa shape index (κ1) is 16.3. The monoisotopic (exact) mass is 266 g/mol. The molecule has 0 unspecified atom stereocenters. The van der Waals surface area contributed by atoms with Crippen LogP contribution in [0.1, 0.15) is 78.1 Å². The van der Waals surface area contributed by atoms with E-state index in [1.165, 1.54) is 51.4 Å². The first-order chi connectivity index (χ1) is 9.13. The zero-order chi connectivity index (χ0) is 14.1. The molecule has 0 N–H and O–H groups in total. The minimum Gasteiger partial charge on any atom is -0.459 e. The van der Waals surface area contributed by atoms with Gasteiger partial charge in [0, 0.05) is 5.57 Å². The molecule has 0 radical (unpaired) electrons. The minimum absolute atomic E-state index is 0.139. The number of hydrogen-bond donors (Lipinski definition) is 0. The summed E-state index contributed by atoms with van der Waals surface area (Å²) in [5.41, 5.74) is 0.512. The van der Waals surface area contributed by atoms with Crippen molar-refractivity contribution >= 4 is 5.97 Å². The Morgan fingerprint density at radius 2 is 1.74 bits per heavy atom. The van der Waals surface area contributed by atoms with E-state index >= 15 is 0 Å². The standard InChI is InChI=1S/C17H30O2/c1-4-5-6-7-8-9-15-10-12-16(13-11-15)19-17(18)14(2)3/h15-16H,2,4-13H2,1,3H3. The van der Waals surface area contributed by atoms with Gasteiger partial charge in [-0.05, 0) is 38.5 Å². The van der Waals surface area contributed by atoms with Gasteiger partial charge in [0.05, 0.1) is 0 Å². The van der Waals surface area contributed by atoms with Crippen LogP contribution in [0.2, 0.25) is 0 Å². The molecule has 1 aliphatic rings. The lowest BCUT2D eigenvalue weighted by Gasteiger charge is -2.28. The molecular weight excluding hydrogens is 236 g/mol. The molecule has 2 nitrogen and oxygen atoms in total. The summed E-state index contributed by atoms with van der Waals surface area (Å²) in [4.78, 5) is 11.4. The maximum atomic E-state index is 11.4. The fraction of sp³-hybridized carbons (Fsp3) is 0.824. The smallest absolute Gasteiger partial charge is 0.333 e. The van der Waals surface area contributed by atoms with Gasteiger partial charge in [-0.3, -0.25) is 0 Å². The highest BCUT2D eigenvalue weighted by molar-refractivity contribution is 5.87. The summed E-state index contributed by atoms with van der Waals surface area (Å²) in [5.74, 6) is 0.643. The predicted molar refractivity (Wildman–Crippen MR) is 80.0 cm³/mol. The highest BCUT2D eigenvalue weighted by Gasteiger charge is 2.23. The third-order valence-corrected chi connectivity index (χ3v) is 4.13. The Hall–Kier alpha value is -0.790. The molecule has 0 heterocycles. The lowest BCUT2D eigenvalue weighted by atomic mass is 9.84. The van der Waals surface area contributed by atoms with Gasteiger partial charge in [0.25, 0.3) is 0 Å². The number of rotatable bonds is 8. The average Bonchev–Trinajstić information content (AvgIpc) is 2.40. The second-order valence-electron chi connectivity index (χ2n) is 6.03. The van der Waals surface area contributed by atoms with Gasteiger partial charge in [-0.1, -0.05) is 52.0 Å². The molecule has 0 aromatic heterocycles. The summed E-state index contributed by atoms with van der Waals surface area (Å²) in [5, 5.41) is 0. The Bertz CT molecular complexity index is 275. The Morgan fingerprint density at radius 1 is 1.11 bits per heavy atom. The van der Waals surface area contributed by atoms with Crippen molar-refractivity contribution in [2.45, 2.75) is 84.2 Å². The summed E-state index contributed by atoms with van der Waals surface area (Å²) in [6.07, 6.45) is 12.9. The van der Waals surface area contributed by atoms with E-state index in [2.05, 4.69) is 13.5 Å². The summed E-state index contributed by atoms with van der Waals surface area (Å²) in [7, 11) is 0. The first-order valence-electron chi connectivity index (χ1n) is 8.00. The number of unbranched alkanes of at least 4 members (excludes halogenated alkanes) is 4. The molecule has 1 saturated carbocycles. The Morgan fingerprint density at radius 3 is 2.32 bits per heavy atom. The highest BCUT2D eigenvalue weighted by atomic mass is 16.5. The number of hydrogen-bond acceptors (Lipinski definition) is 2. The van der Waals surface area contributed by atoms with Crippen LogP contribution in [0.3, 0.4) is 0 Å². The second kappa shape index (κ2) is 9.17. The number of ether oxygens (including phenoxy) is 1. The molecule has 1 fully saturated rings. The van der Waals surface area contributed by atoms with Crippen molar-refractivity contribution in [1.82, 2.24) is 0 Å². The molecular formula is C17H30O2. The van der Waals surface area contributed by atoms with E-state index in [0.29, 0.717) is 5.57 Å². The number of carbonyl (C=O) groups is 1. The van der Waals surface area contributed by atoms with Gasteiger partial charge in [-0.15, -0.1) is 0 Å². The van der Waals surface area contributed by atoms with Crippen molar-refractivity contribution in [1.29, 1.82) is 0 Å². The van der Waals surface area contributed by atoms with E-state index in [1.807, 2.05) is 0 Å². The summed E-state index contributed by atoms with van der Waals surface area (Å²) in [6.45, 7) is 7.60. The Kier molecular flexibility index (Phi) is 7.85. The van der Waals surface area contributed by atoms with E-state index in [0.717, 1.165) is 18.8 Å². The van der Waals surface area contributed by atoms with Crippen molar-refractivity contribution < 1.29 is 9.53 Å². The topological polar surface area (TPSA) is 26.3 Å². The van der Waals surface area contributed by atoms with Crippen molar-refractivity contribution in [3.63, 3.8) is 0 Å². The van der Waals surface area contributed by atoms with Gasteiger partial charge in [-0.2, -0.15) is 0 Å². The van der Waals surface area contributed by atoms with Gasteiger partial charge in [0.15, 0.2) is 0 Å². The van der Waals surface area contributed by atoms with Gasteiger partial charge >= 0.3 is 5.97 Å². The van der Waals surface area contributed by atoms with Crippen LogP contribution >= 0.6 is 0 Å². The third-order valence-electron chi connectivity index (χ3n) is 4.13. The lowest BCUT2D eigenvalue weighted by Crippen LogP contribution is -2.24. The van der Waals surface area contributed by atoms with E-state index in [-0.39, 0.29) is 12.1 Å². The van der Waals surface area contributed by atoms with Crippen LogP contribution in [0.5, 0.6) is 0 Å². The molecule has 1 aliphatic carbocycles. The SMILES string of the molecule is C=C(C)C(=O)OC1CCC(CCCCCCC)CC1. The molecule has 0 aromatic rings. The van der Waals surface area contributed by atoms with Crippen LogP contribution in [0.25, 0.3) is 0 Å². The summed E-state index contributed by atoms with van der Waals surface area (Å²) >= 11 is 0. The molecule has 0 amide bonds. The zero-order valence-electron chi connectivity index (χ0n) is 12.7. The van der Waals surface area contributed by atoms with Gasteiger partial charge in [-0.25, -0.2) is 4.79 Å². The molecule has 0 aliphatic heterocycles. The molecule has 0 spiro atoms. The van der Waals surface area contributed by atoms with Crippen molar-refractivity contribution in [2.75, 3.05) is 0 Å². The summed E-state index contributed by atoms with van der Waals surface area (Å²) < 4.78 is 5.42. The van der Waals surface area contributed by atoms with Crippen LogP contribution in [0.4, 0.5) is 0 Å². The van der Waals surface area contributed by atoms with Gasteiger partial charge in [0.1, 0.15) is 6.10 Å². The van der Waals surface area contributed by atoms with E-state index in [9.17, 15) is 4.79 Å². The first-order valence-corrected chi connectivity index (χ1v) is 8.00. The van der Waals surface area contributed by atoms with E-state index < -0.39 is 0 Å². The lowest BCUT2D eigenvalue weighted by molar-refractivity contribution is -0.146. The van der Waals surface area contributed by atoms with E-state index in [4.69, 9.17) is 4.74 Å². The molecule has 0 saturated heterocycles. The molecule has 0 atom stereocenters. The van der Waals surface area contributed by atoms with Crippen molar-refractivity contribution in [2.24, 2.45) is 5.92 Å². The van der Waals surface area contributed by atoms with Crippen LogP contribution < -0.4 is 0 Å². The van der Waals surface area contributed by atoms with E-state index in [1.54, 1.807) is 6.92 Å². The number of carbonyl (C=O) groups excluding carboxylic acids is 1. The molecule has 0 aromatic carbocycles. The van der Waals surface area contributed by atoms with Crippen LogP contribution in [-0.2, 0) is 9.53 Å². The van der Waals surface area contributed by atoms with Gasteiger partial charge in [0.2, 0.25) is 0 Å². The number of esters is 1. The molecule has 110 valence electrons. The largest absolute Gasteiger partial charge is 0.459 e. The molecule has 2 heteroatoms. The maximum absolute atomic E-state index is 11.4. The summed E-state index contributed by atoms with van der Waals surface area (Å²) in [6, 6.07) is 0. The Labute approximate surface area is 118 Å². The molecule has 0 bridgehead atoms. The van der Waals surface area contributed by atoms with Crippen molar-refractivity contribution in [3.8, 4) is 0 Å². The normalized spacial score (nSPS) is 23.1. The average molecular weight is 266 g/mol. The third kappa shape index (κ3) is 6.79.